The van der Waals surface area contributed by atoms with Gasteiger partial charge < -0.3 is 19.4 Å². The smallest absolute Gasteiger partial charge is 0.337 e. The second-order valence-corrected chi connectivity index (χ2v) is 7.98. The number of esters is 1. The van der Waals surface area contributed by atoms with Crippen molar-refractivity contribution in [2.45, 2.75) is 39.1 Å². The average molecular weight is 455 g/mol. The van der Waals surface area contributed by atoms with Gasteiger partial charge in [0.25, 0.3) is 0 Å². The number of aryl methyl sites for hydroxylation is 1. The molecular formula is C23H26N4O4S. The lowest BCUT2D eigenvalue weighted by atomic mass is 10.1. The van der Waals surface area contributed by atoms with Gasteiger partial charge in [0.1, 0.15) is 12.4 Å². The maximum Gasteiger partial charge on any atom is 0.337 e. The van der Waals surface area contributed by atoms with Crippen LogP contribution < -0.4 is 10.1 Å². The zero-order valence-electron chi connectivity index (χ0n) is 18.5. The molecule has 1 aromatic heterocycles. The molecule has 0 saturated heterocycles. The highest BCUT2D eigenvalue weighted by atomic mass is 32.2. The number of methoxy groups -OCH3 is 1. The third-order valence-corrected chi connectivity index (χ3v) is 5.89. The van der Waals surface area contributed by atoms with Crippen LogP contribution in [0.25, 0.3) is 0 Å². The van der Waals surface area contributed by atoms with E-state index in [0.717, 1.165) is 11.3 Å². The Bertz CT molecular complexity index is 1110. The normalized spacial score (nSPS) is 10.6. The minimum atomic E-state index is -0.456. The second-order valence-electron chi connectivity index (χ2n) is 7.04. The minimum Gasteiger partial charge on any atom is -0.485 e. The number of hydrogen-bond donors (Lipinski definition) is 1. The van der Waals surface area contributed by atoms with E-state index in [2.05, 4.69) is 15.5 Å². The number of nitrogens with one attached hydrogen (secondary N) is 1. The first-order valence-electron chi connectivity index (χ1n) is 10.1. The molecule has 0 spiro atoms. The van der Waals surface area contributed by atoms with E-state index in [1.165, 1.54) is 24.4 Å². The Morgan fingerprint density at radius 2 is 1.91 bits per heavy atom. The minimum absolute atomic E-state index is 0.151. The lowest BCUT2D eigenvalue weighted by Gasteiger charge is -2.12. The van der Waals surface area contributed by atoms with Gasteiger partial charge in [0.2, 0.25) is 5.91 Å². The van der Waals surface area contributed by atoms with Gasteiger partial charge in [-0.1, -0.05) is 30.0 Å². The van der Waals surface area contributed by atoms with Gasteiger partial charge in [-0.15, -0.1) is 10.2 Å². The molecule has 0 aliphatic carbocycles. The number of nitrogens with zero attached hydrogens (tertiary/aromatic N) is 3. The van der Waals surface area contributed by atoms with Crippen LogP contribution >= 0.6 is 11.8 Å². The molecule has 1 heterocycles. The number of thioether (sulfide) groups is 1. The van der Waals surface area contributed by atoms with E-state index in [-0.39, 0.29) is 18.3 Å². The summed E-state index contributed by atoms with van der Waals surface area (Å²) < 4.78 is 12.6. The van der Waals surface area contributed by atoms with Crippen molar-refractivity contribution in [2.75, 3.05) is 18.2 Å². The van der Waals surface area contributed by atoms with Crippen LogP contribution in [-0.4, -0.2) is 39.5 Å². The third-order valence-electron chi connectivity index (χ3n) is 4.92. The molecule has 0 atom stereocenters. The number of aromatic nitrogens is 3. The summed E-state index contributed by atoms with van der Waals surface area (Å²) in [4.78, 5) is 24.0. The van der Waals surface area contributed by atoms with Crippen LogP contribution in [-0.2, 0) is 22.7 Å². The monoisotopic (exact) mass is 454 g/mol. The van der Waals surface area contributed by atoms with E-state index < -0.39 is 5.97 Å². The van der Waals surface area contributed by atoms with Crippen molar-refractivity contribution in [1.82, 2.24) is 14.8 Å². The summed E-state index contributed by atoms with van der Waals surface area (Å²) in [6.45, 7) is 7.01. The van der Waals surface area contributed by atoms with Crippen LogP contribution in [0, 0.1) is 13.8 Å². The Morgan fingerprint density at radius 1 is 1.12 bits per heavy atom. The first kappa shape index (κ1) is 23.3. The van der Waals surface area contributed by atoms with Gasteiger partial charge in [-0.05, 0) is 56.2 Å². The van der Waals surface area contributed by atoms with Crippen molar-refractivity contribution < 1.29 is 19.1 Å². The molecule has 0 aliphatic rings. The van der Waals surface area contributed by atoms with Crippen molar-refractivity contribution >= 4 is 29.3 Å². The van der Waals surface area contributed by atoms with Crippen LogP contribution in [0.15, 0.2) is 47.6 Å². The maximum atomic E-state index is 12.4. The standard InChI is InChI=1S/C23H26N4O4S/c1-5-27-20(13-31-19-11-6-8-15(2)16(19)3)25-26-23(27)32-14-21(28)24-18-10-7-9-17(12-18)22(29)30-4/h6-12H,5,13-14H2,1-4H3,(H,24,28). The number of carbonyl (C=O) groups excluding carboxylic acids is 2. The molecule has 32 heavy (non-hydrogen) atoms. The fourth-order valence-electron chi connectivity index (χ4n) is 3.04. The van der Waals surface area contributed by atoms with E-state index in [0.29, 0.717) is 28.8 Å². The maximum absolute atomic E-state index is 12.4. The lowest BCUT2D eigenvalue weighted by Crippen LogP contribution is -2.15. The number of amides is 1. The van der Waals surface area contributed by atoms with Crippen LogP contribution in [0.3, 0.4) is 0 Å². The molecular weight excluding hydrogens is 428 g/mol. The number of carbonyl (C=O) groups is 2. The highest BCUT2D eigenvalue weighted by Gasteiger charge is 2.15. The predicted molar refractivity (Wildman–Crippen MR) is 123 cm³/mol. The van der Waals surface area contributed by atoms with Crippen molar-refractivity contribution in [3.05, 3.63) is 65.0 Å². The Kier molecular flexibility index (Phi) is 7.88. The number of ether oxygens (including phenoxy) is 2. The molecule has 0 radical (unpaired) electrons. The number of hydrogen-bond acceptors (Lipinski definition) is 7. The Hall–Kier alpha value is -3.33. The van der Waals surface area contributed by atoms with Gasteiger partial charge in [-0.25, -0.2) is 4.79 Å². The summed E-state index contributed by atoms with van der Waals surface area (Å²) in [6, 6.07) is 12.5. The number of anilines is 1. The van der Waals surface area contributed by atoms with E-state index in [4.69, 9.17) is 9.47 Å². The fourth-order valence-corrected chi connectivity index (χ4v) is 3.86. The quantitative estimate of drug-likeness (QED) is 0.385. The highest BCUT2D eigenvalue weighted by molar-refractivity contribution is 7.99. The molecule has 3 aromatic rings. The molecule has 0 unspecified atom stereocenters. The van der Waals surface area contributed by atoms with E-state index in [9.17, 15) is 9.59 Å². The summed E-state index contributed by atoms with van der Waals surface area (Å²) in [7, 11) is 1.31. The molecule has 2 aromatic carbocycles. The first-order chi connectivity index (χ1) is 15.4. The van der Waals surface area contributed by atoms with Crippen molar-refractivity contribution in [2.24, 2.45) is 0 Å². The zero-order chi connectivity index (χ0) is 23.1. The van der Waals surface area contributed by atoms with Crippen LogP contribution in [0.5, 0.6) is 5.75 Å². The first-order valence-corrected chi connectivity index (χ1v) is 11.1. The highest BCUT2D eigenvalue weighted by Crippen LogP contribution is 2.23. The molecule has 8 nitrogen and oxygen atoms in total. The van der Waals surface area contributed by atoms with Gasteiger partial charge in [-0.3, -0.25) is 4.79 Å². The molecule has 1 N–H and O–H groups in total. The van der Waals surface area contributed by atoms with E-state index in [1.54, 1.807) is 24.3 Å². The summed E-state index contributed by atoms with van der Waals surface area (Å²) in [6.07, 6.45) is 0. The molecule has 0 bridgehead atoms. The summed E-state index contributed by atoms with van der Waals surface area (Å²) >= 11 is 1.29. The fraction of sp³-hybridized carbons (Fsp3) is 0.304. The summed E-state index contributed by atoms with van der Waals surface area (Å²) in [5.41, 5.74) is 3.16. The molecule has 9 heteroatoms. The van der Waals surface area contributed by atoms with Gasteiger partial charge >= 0.3 is 5.97 Å². The lowest BCUT2D eigenvalue weighted by molar-refractivity contribution is -0.113. The SMILES string of the molecule is CCn1c(COc2cccc(C)c2C)nnc1SCC(=O)Nc1cccc(C(=O)OC)c1. The summed E-state index contributed by atoms with van der Waals surface area (Å²) in [5.74, 6) is 0.997. The van der Waals surface area contributed by atoms with Gasteiger partial charge in [0.05, 0.1) is 18.4 Å². The zero-order valence-corrected chi connectivity index (χ0v) is 19.4. The van der Waals surface area contributed by atoms with E-state index >= 15 is 0 Å². The van der Waals surface area contributed by atoms with Crippen molar-refractivity contribution in [3.8, 4) is 5.75 Å². The van der Waals surface area contributed by atoms with Crippen LogP contribution in [0.1, 0.15) is 34.2 Å². The van der Waals surface area contributed by atoms with Crippen LogP contribution in [0.2, 0.25) is 0 Å². The summed E-state index contributed by atoms with van der Waals surface area (Å²) in [5, 5.41) is 11.9. The Labute approximate surface area is 191 Å². The molecule has 0 fully saturated rings. The largest absolute Gasteiger partial charge is 0.485 e. The van der Waals surface area contributed by atoms with Gasteiger partial charge in [0.15, 0.2) is 11.0 Å². The van der Waals surface area contributed by atoms with Gasteiger partial charge in [-0.2, -0.15) is 0 Å². The van der Waals surface area contributed by atoms with Crippen molar-refractivity contribution in [1.29, 1.82) is 0 Å². The molecule has 3 rings (SSSR count). The van der Waals surface area contributed by atoms with Crippen molar-refractivity contribution in [3.63, 3.8) is 0 Å². The third kappa shape index (κ3) is 5.67. The molecule has 168 valence electrons. The molecule has 0 aliphatic heterocycles. The topological polar surface area (TPSA) is 95.3 Å². The molecule has 0 saturated carbocycles. The van der Waals surface area contributed by atoms with Crippen LogP contribution in [0.4, 0.5) is 5.69 Å². The second kappa shape index (κ2) is 10.8. The number of benzene rings is 2. The average Bonchev–Trinajstić information content (AvgIpc) is 3.20. The predicted octanol–water partition coefficient (Wildman–Crippen LogP) is 4.01. The van der Waals surface area contributed by atoms with E-state index in [1.807, 2.05) is 43.5 Å². The number of rotatable bonds is 9. The Balaban J connectivity index is 1.60. The Morgan fingerprint density at radius 3 is 2.66 bits per heavy atom. The molecule has 1 amide bonds. The van der Waals surface area contributed by atoms with Gasteiger partial charge in [0, 0.05) is 12.2 Å².